The molecule has 136 valence electrons. The summed E-state index contributed by atoms with van der Waals surface area (Å²) >= 11 is 1.69. The van der Waals surface area contributed by atoms with E-state index in [0.717, 1.165) is 18.7 Å². The Labute approximate surface area is 153 Å². The van der Waals surface area contributed by atoms with Crippen molar-refractivity contribution in [2.75, 3.05) is 39.3 Å². The van der Waals surface area contributed by atoms with Crippen molar-refractivity contribution in [3.63, 3.8) is 0 Å². The smallest absolute Gasteiger partial charge is 0.161 e. The van der Waals surface area contributed by atoms with Gasteiger partial charge in [-0.2, -0.15) is 0 Å². The minimum absolute atomic E-state index is 0.0466. The van der Waals surface area contributed by atoms with E-state index in [0.29, 0.717) is 12.3 Å². The van der Waals surface area contributed by atoms with E-state index < -0.39 is 9.84 Å². The maximum absolute atomic E-state index is 11.6. The third-order valence-corrected chi connectivity index (χ3v) is 6.38. The maximum atomic E-state index is 11.6. The highest BCUT2D eigenvalue weighted by Crippen LogP contribution is 2.42. The standard InChI is InChI=1S/C18H23NO4S2/c1-22-15-11-13-6-7-19(8-10-25(3,20)21)18(17-5-4-9-24-17)14(13)12-16(15)23-2/h4-5,9,11-12,18H,6-8,10H2,1-3H3. The third-order valence-electron chi connectivity index (χ3n) is 4.54. The first-order chi connectivity index (χ1) is 11.9. The molecule has 1 aliphatic heterocycles. The second-order valence-corrected chi connectivity index (χ2v) is 9.48. The molecule has 0 saturated heterocycles. The second-order valence-electron chi connectivity index (χ2n) is 6.24. The Morgan fingerprint density at radius 3 is 2.56 bits per heavy atom. The Morgan fingerprint density at radius 1 is 1.24 bits per heavy atom. The van der Waals surface area contributed by atoms with Crippen LogP contribution in [0.15, 0.2) is 29.6 Å². The molecule has 5 nitrogen and oxygen atoms in total. The number of ether oxygens (including phenoxy) is 2. The molecule has 0 spiro atoms. The number of nitrogens with zero attached hydrogens (tertiary/aromatic N) is 1. The molecule has 2 heterocycles. The van der Waals surface area contributed by atoms with E-state index in [4.69, 9.17) is 9.47 Å². The van der Waals surface area contributed by atoms with Gasteiger partial charge in [0.2, 0.25) is 0 Å². The predicted octanol–water partition coefficient (Wildman–Crippen LogP) is 2.76. The van der Waals surface area contributed by atoms with Gasteiger partial charge in [-0.05, 0) is 41.1 Å². The van der Waals surface area contributed by atoms with E-state index in [9.17, 15) is 8.42 Å². The minimum atomic E-state index is -3.00. The largest absolute Gasteiger partial charge is 0.493 e. The van der Waals surface area contributed by atoms with Crippen LogP contribution in [0.1, 0.15) is 22.0 Å². The summed E-state index contributed by atoms with van der Waals surface area (Å²) in [4.78, 5) is 3.46. The highest BCUT2D eigenvalue weighted by atomic mass is 32.2. The van der Waals surface area contributed by atoms with E-state index >= 15 is 0 Å². The minimum Gasteiger partial charge on any atom is -0.493 e. The van der Waals surface area contributed by atoms with Crippen molar-refractivity contribution in [1.29, 1.82) is 0 Å². The van der Waals surface area contributed by atoms with Crippen molar-refractivity contribution in [3.05, 3.63) is 45.6 Å². The van der Waals surface area contributed by atoms with E-state index in [1.165, 1.54) is 22.3 Å². The molecule has 1 aromatic carbocycles. The highest BCUT2D eigenvalue weighted by molar-refractivity contribution is 7.90. The molecule has 25 heavy (non-hydrogen) atoms. The first-order valence-corrected chi connectivity index (χ1v) is 11.1. The van der Waals surface area contributed by atoms with Gasteiger partial charge in [-0.3, -0.25) is 4.90 Å². The molecule has 1 atom stereocenters. The van der Waals surface area contributed by atoms with Crippen molar-refractivity contribution in [1.82, 2.24) is 4.90 Å². The van der Waals surface area contributed by atoms with Gasteiger partial charge in [0.1, 0.15) is 9.84 Å². The quantitative estimate of drug-likeness (QED) is 0.770. The Kier molecular flexibility index (Phi) is 5.36. The molecule has 0 aliphatic carbocycles. The van der Waals surface area contributed by atoms with Crippen LogP contribution in [0.4, 0.5) is 0 Å². The molecule has 1 aliphatic rings. The lowest BCUT2D eigenvalue weighted by atomic mass is 9.91. The zero-order valence-corrected chi connectivity index (χ0v) is 16.3. The molecule has 0 bridgehead atoms. The van der Waals surface area contributed by atoms with Crippen LogP contribution in [0.2, 0.25) is 0 Å². The van der Waals surface area contributed by atoms with Gasteiger partial charge in [0.25, 0.3) is 0 Å². The van der Waals surface area contributed by atoms with Crippen LogP contribution in [0.3, 0.4) is 0 Å². The Hall–Kier alpha value is -1.57. The van der Waals surface area contributed by atoms with Crippen molar-refractivity contribution in [3.8, 4) is 11.5 Å². The molecule has 1 unspecified atom stereocenters. The van der Waals surface area contributed by atoms with Crippen molar-refractivity contribution in [2.45, 2.75) is 12.5 Å². The second kappa shape index (κ2) is 7.35. The monoisotopic (exact) mass is 381 g/mol. The predicted molar refractivity (Wildman–Crippen MR) is 101 cm³/mol. The molecular weight excluding hydrogens is 358 g/mol. The summed E-state index contributed by atoms with van der Waals surface area (Å²) in [5.41, 5.74) is 2.39. The third kappa shape index (κ3) is 3.99. The summed E-state index contributed by atoms with van der Waals surface area (Å²) in [5.74, 6) is 1.60. The van der Waals surface area contributed by atoms with Crippen LogP contribution in [-0.4, -0.2) is 52.6 Å². The van der Waals surface area contributed by atoms with E-state index in [2.05, 4.69) is 16.3 Å². The fourth-order valence-electron chi connectivity index (χ4n) is 3.30. The van der Waals surface area contributed by atoms with E-state index in [1.54, 1.807) is 25.6 Å². The van der Waals surface area contributed by atoms with E-state index in [1.807, 2.05) is 18.2 Å². The topological polar surface area (TPSA) is 55.8 Å². The Morgan fingerprint density at radius 2 is 1.96 bits per heavy atom. The van der Waals surface area contributed by atoms with Crippen LogP contribution in [0, 0.1) is 0 Å². The summed E-state index contributed by atoms with van der Waals surface area (Å²) in [5, 5.41) is 2.05. The molecule has 0 fully saturated rings. The normalized spacial score (nSPS) is 18.0. The van der Waals surface area contributed by atoms with Crippen LogP contribution in [0.5, 0.6) is 11.5 Å². The molecule has 3 rings (SSSR count). The zero-order chi connectivity index (χ0) is 18.0. The van der Waals surface area contributed by atoms with Gasteiger partial charge in [0.05, 0.1) is 26.0 Å². The molecule has 0 radical (unpaired) electrons. The lowest BCUT2D eigenvalue weighted by molar-refractivity contribution is 0.227. The van der Waals surface area contributed by atoms with Crippen LogP contribution in [-0.2, 0) is 16.3 Å². The maximum Gasteiger partial charge on any atom is 0.161 e. The molecule has 7 heteroatoms. The Balaban J connectivity index is 2.03. The number of thiophene rings is 1. The van der Waals surface area contributed by atoms with Crippen molar-refractivity contribution in [2.24, 2.45) is 0 Å². The van der Waals surface area contributed by atoms with Gasteiger partial charge in [0.15, 0.2) is 11.5 Å². The highest BCUT2D eigenvalue weighted by Gasteiger charge is 2.31. The van der Waals surface area contributed by atoms with Crippen LogP contribution >= 0.6 is 11.3 Å². The van der Waals surface area contributed by atoms with Gasteiger partial charge in [0, 0.05) is 24.2 Å². The first kappa shape index (κ1) is 18.2. The van der Waals surface area contributed by atoms with Crippen molar-refractivity contribution >= 4 is 21.2 Å². The number of methoxy groups -OCH3 is 2. The van der Waals surface area contributed by atoms with Gasteiger partial charge in [-0.15, -0.1) is 11.3 Å². The van der Waals surface area contributed by atoms with Gasteiger partial charge >= 0.3 is 0 Å². The summed E-state index contributed by atoms with van der Waals surface area (Å²) in [6.45, 7) is 1.34. The van der Waals surface area contributed by atoms with Crippen LogP contribution < -0.4 is 9.47 Å². The molecule has 0 saturated carbocycles. The summed E-state index contributed by atoms with van der Waals surface area (Å²) in [6.07, 6.45) is 2.15. The van der Waals surface area contributed by atoms with Gasteiger partial charge < -0.3 is 9.47 Å². The Bertz CT molecular complexity index is 831. The number of hydrogen-bond acceptors (Lipinski definition) is 6. The molecular formula is C18H23NO4S2. The zero-order valence-electron chi connectivity index (χ0n) is 14.7. The number of rotatable bonds is 6. The fraction of sp³-hybridized carbons (Fsp3) is 0.444. The first-order valence-electron chi connectivity index (χ1n) is 8.13. The number of sulfone groups is 1. The average Bonchev–Trinajstić information content (AvgIpc) is 3.11. The number of benzene rings is 1. The van der Waals surface area contributed by atoms with E-state index in [-0.39, 0.29) is 11.8 Å². The molecule has 0 N–H and O–H groups in total. The SMILES string of the molecule is COc1cc2c(cc1OC)C(c1cccs1)N(CCS(C)(=O)=O)CC2. The summed E-state index contributed by atoms with van der Waals surface area (Å²) in [6, 6.07) is 8.26. The number of hydrogen-bond donors (Lipinski definition) is 0. The number of fused-ring (bicyclic) bond motifs is 1. The molecule has 0 amide bonds. The summed E-state index contributed by atoms with van der Waals surface area (Å²) < 4.78 is 34.2. The van der Waals surface area contributed by atoms with Gasteiger partial charge in [-0.25, -0.2) is 8.42 Å². The molecule has 1 aromatic heterocycles. The van der Waals surface area contributed by atoms with Crippen LogP contribution in [0.25, 0.3) is 0 Å². The van der Waals surface area contributed by atoms with Gasteiger partial charge in [-0.1, -0.05) is 6.07 Å². The lowest BCUT2D eigenvalue weighted by Gasteiger charge is -2.37. The molecule has 2 aromatic rings. The summed E-state index contributed by atoms with van der Waals surface area (Å²) in [7, 11) is 0.275. The lowest BCUT2D eigenvalue weighted by Crippen LogP contribution is -2.38. The van der Waals surface area contributed by atoms with Crippen molar-refractivity contribution < 1.29 is 17.9 Å². The fourth-order valence-corrected chi connectivity index (χ4v) is 4.74. The average molecular weight is 382 g/mol.